The molecule has 5 nitrogen and oxygen atoms in total. The molecule has 0 aliphatic heterocycles. The third kappa shape index (κ3) is 2.36. The number of nitrogens with two attached hydrogens (primary N) is 1. The number of aromatic hydroxyl groups is 1. The monoisotopic (exact) mass is 245 g/mol. The molecule has 1 aromatic carbocycles. The smallest absolute Gasteiger partial charge is 0.228 e. The van der Waals surface area contributed by atoms with Crippen molar-refractivity contribution in [2.45, 2.75) is 25.3 Å². The van der Waals surface area contributed by atoms with Gasteiger partial charge in [0, 0.05) is 18.0 Å². The molecule has 0 amide bonds. The van der Waals surface area contributed by atoms with E-state index in [1.165, 1.54) is 12.8 Å². The molecule has 2 aromatic rings. The van der Waals surface area contributed by atoms with Crippen molar-refractivity contribution in [3.63, 3.8) is 0 Å². The van der Waals surface area contributed by atoms with Gasteiger partial charge in [0.05, 0.1) is 0 Å². The molecule has 0 spiro atoms. The standard InChI is InChI=1S/C13H15N3O2/c14-11(8-1-2-8)7-12-15-13(16-18-12)9-3-5-10(17)6-4-9/h3-6,8,11,17H,1-2,7,14H2. The fourth-order valence-corrected chi connectivity index (χ4v) is 1.96. The van der Waals surface area contributed by atoms with Gasteiger partial charge in [0.15, 0.2) is 0 Å². The molecule has 1 aliphatic rings. The Labute approximate surface area is 105 Å². The molecule has 0 radical (unpaired) electrons. The van der Waals surface area contributed by atoms with E-state index in [9.17, 15) is 5.11 Å². The second kappa shape index (κ2) is 4.42. The molecular weight excluding hydrogens is 230 g/mol. The van der Waals surface area contributed by atoms with Crippen molar-refractivity contribution in [2.75, 3.05) is 0 Å². The molecule has 1 aromatic heterocycles. The predicted molar refractivity (Wildman–Crippen MR) is 65.8 cm³/mol. The molecule has 18 heavy (non-hydrogen) atoms. The lowest BCUT2D eigenvalue weighted by molar-refractivity contribution is 0.364. The second-order valence-corrected chi connectivity index (χ2v) is 4.76. The fraction of sp³-hybridized carbons (Fsp3) is 0.385. The zero-order valence-corrected chi connectivity index (χ0v) is 9.91. The summed E-state index contributed by atoms with van der Waals surface area (Å²) in [5.41, 5.74) is 6.84. The highest BCUT2D eigenvalue weighted by Crippen LogP contribution is 2.32. The quantitative estimate of drug-likeness (QED) is 0.856. The number of nitrogens with zero attached hydrogens (tertiary/aromatic N) is 2. The van der Waals surface area contributed by atoms with Gasteiger partial charge in [-0.15, -0.1) is 0 Å². The van der Waals surface area contributed by atoms with Crippen LogP contribution in [-0.4, -0.2) is 21.3 Å². The average Bonchev–Trinajstić information content (AvgIpc) is 3.12. The van der Waals surface area contributed by atoms with Gasteiger partial charge >= 0.3 is 0 Å². The highest BCUT2D eigenvalue weighted by Gasteiger charge is 2.29. The van der Waals surface area contributed by atoms with Crippen LogP contribution in [0.15, 0.2) is 28.8 Å². The molecule has 1 fully saturated rings. The first-order valence-corrected chi connectivity index (χ1v) is 6.10. The topological polar surface area (TPSA) is 85.2 Å². The van der Waals surface area contributed by atoms with Crippen LogP contribution in [0.3, 0.4) is 0 Å². The molecule has 3 N–H and O–H groups in total. The second-order valence-electron chi connectivity index (χ2n) is 4.76. The number of benzene rings is 1. The molecule has 94 valence electrons. The number of hydrogen-bond acceptors (Lipinski definition) is 5. The van der Waals surface area contributed by atoms with E-state index < -0.39 is 0 Å². The molecule has 1 heterocycles. The highest BCUT2D eigenvalue weighted by atomic mass is 16.5. The summed E-state index contributed by atoms with van der Waals surface area (Å²) in [6.45, 7) is 0. The lowest BCUT2D eigenvalue weighted by atomic mass is 10.1. The summed E-state index contributed by atoms with van der Waals surface area (Å²) < 4.78 is 5.19. The number of rotatable bonds is 4. The Morgan fingerprint density at radius 1 is 1.33 bits per heavy atom. The maximum atomic E-state index is 9.21. The van der Waals surface area contributed by atoms with Crippen LogP contribution < -0.4 is 5.73 Å². The lowest BCUT2D eigenvalue weighted by Gasteiger charge is -2.04. The number of hydrogen-bond donors (Lipinski definition) is 2. The van der Waals surface area contributed by atoms with Crippen molar-refractivity contribution >= 4 is 0 Å². The minimum Gasteiger partial charge on any atom is -0.508 e. The zero-order chi connectivity index (χ0) is 12.5. The molecule has 3 rings (SSSR count). The summed E-state index contributed by atoms with van der Waals surface area (Å²) >= 11 is 0. The summed E-state index contributed by atoms with van der Waals surface area (Å²) in [4.78, 5) is 4.32. The van der Waals surface area contributed by atoms with Crippen LogP contribution in [0.2, 0.25) is 0 Å². The number of phenolic OH excluding ortho intramolecular Hbond substituents is 1. The highest BCUT2D eigenvalue weighted by molar-refractivity contribution is 5.55. The Bertz CT molecular complexity index is 531. The predicted octanol–water partition coefficient (Wildman–Crippen LogP) is 1.72. The molecule has 5 heteroatoms. The first-order valence-electron chi connectivity index (χ1n) is 6.10. The first-order chi connectivity index (χ1) is 8.72. The Balaban J connectivity index is 1.74. The maximum absolute atomic E-state index is 9.21. The van der Waals surface area contributed by atoms with Crippen LogP contribution in [0.5, 0.6) is 5.75 Å². The summed E-state index contributed by atoms with van der Waals surface area (Å²) in [6.07, 6.45) is 3.05. The van der Waals surface area contributed by atoms with Gasteiger partial charge in [-0.2, -0.15) is 4.98 Å². The van der Waals surface area contributed by atoms with Crippen molar-refractivity contribution in [1.29, 1.82) is 0 Å². The van der Waals surface area contributed by atoms with E-state index in [1.54, 1.807) is 24.3 Å². The van der Waals surface area contributed by atoms with Gasteiger partial charge in [-0.25, -0.2) is 0 Å². The molecule has 1 unspecified atom stereocenters. The molecule has 0 saturated heterocycles. The van der Waals surface area contributed by atoms with Gasteiger partial charge in [0.2, 0.25) is 11.7 Å². The van der Waals surface area contributed by atoms with E-state index in [1.807, 2.05) is 0 Å². The van der Waals surface area contributed by atoms with Crippen LogP contribution in [0.25, 0.3) is 11.4 Å². The van der Waals surface area contributed by atoms with Gasteiger partial charge in [-0.05, 0) is 43.0 Å². The first kappa shape index (κ1) is 11.2. The molecule has 0 bridgehead atoms. The van der Waals surface area contributed by atoms with Crippen LogP contribution in [0, 0.1) is 5.92 Å². The number of phenols is 1. The maximum Gasteiger partial charge on any atom is 0.228 e. The van der Waals surface area contributed by atoms with E-state index in [0.717, 1.165) is 5.56 Å². The summed E-state index contributed by atoms with van der Waals surface area (Å²) in [6, 6.07) is 6.83. The van der Waals surface area contributed by atoms with Crippen molar-refractivity contribution in [3.8, 4) is 17.1 Å². The Kier molecular flexibility index (Phi) is 2.76. The van der Waals surface area contributed by atoms with E-state index in [4.69, 9.17) is 10.3 Å². The van der Waals surface area contributed by atoms with Gasteiger partial charge in [-0.1, -0.05) is 5.16 Å². The minimum atomic E-state index is 0.123. The third-order valence-corrected chi connectivity index (χ3v) is 3.23. The SMILES string of the molecule is NC(Cc1nc(-c2ccc(O)cc2)no1)C1CC1. The normalized spacial score (nSPS) is 16.7. The van der Waals surface area contributed by atoms with Crippen LogP contribution in [-0.2, 0) is 6.42 Å². The molecule has 1 saturated carbocycles. The fourth-order valence-electron chi connectivity index (χ4n) is 1.96. The summed E-state index contributed by atoms with van der Waals surface area (Å²) in [7, 11) is 0. The minimum absolute atomic E-state index is 0.123. The Morgan fingerprint density at radius 2 is 2.06 bits per heavy atom. The zero-order valence-electron chi connectivity index (χ0n) is 9.91. The van der Waals surface area contributed by atoms with Crippen LogP contribution in [0.4, 0.5) is 0 Å². The van der Waals surface area contributed by atoms with Crippen molar-refractivity contribution in [3.05, 3.63) is 30.2 Å². The van der Waals surface area contributed by atoms with E-state index in [2.05, 4.69) is 10.1 Å². The third-order valence-electron chi connectivity index (χ3n) is 3.23. The van der Waals surface area contributed by atoms with Gasteiger partial charge in [0.1, 0.15) is 5.75 Å². The van der Waals surface area contributed by atoms with Crippen molar-refractivity contribution < 1.29 is 9.63 Å². The van der Waals surface area contributed by atoms with E-state index in [0.29, 0.717) is 24.1 Å². The van der Waals surface area contributed by atoms with Gasteiger partial charge in [0.25, 0.3) is 0 Å². The van der Waals surface area contributed by atoms with Gasteiger partial charge in [-0.3, -0.25) is 0 Å². The number of aromatic nitrogens is 2. The molecule has 1 atom stereocenters. The Morgan fingerprint density at radius 3 is 2.72 bits per heavy atom. The van der Waals surface area contributed by atoms with Crippen LogP contribution in [0.1, 0.15) is 18.7 Å². The van der Waals surface area contributed by atoms with Crippen LogP contribution >= 0.6 is 0 Å². The summed E-state index contributed by atoms with van der Waals surface area (Å²) in [5, 5.41) is 13.1. The van der Waals surface area contributed by atoms with E-state index >= 15 is 0 Å². The van der Waals surface area contributed by atoms with Gasteiger partial charge < -0.3 is 15.4 Å². The lowest BCUT2D eigenvalue weighted by Crippen LogP contribution is -2.25. The summed E-state index contributed by atoms with van der Waals surface area (Å²) in [5.74, 6) is 1.96. The molecular formula is C13H15N3O2. The average molecular weight is 245 g/mol. The molecule has 1 aliphatic carbocycles. The van der Waals surface area contributed by atoms with Crippen molar-refractivity contribution in [1.82, 2.24) is 10.1 Å². The van der Waals surface area contributed by atoms with E-state index in [-0.39, 0.29) is 11.8 Å². The van der Waals surface area contributed by atoms with Crippen molar-refractivity contribution in [2.24, 2.45) is 11.7 Å². The largest absolute Gasteiger partial charge is 0.508 e. The Hall–Kier alpha value is -1.88.